The highest BCUT2D eigenvalue weighted by Gasteiger charge is 2.37. The monoisotopic (exact) mass is 283 g/mol. The quantitative estimate of drug-likeness (QED) is 0.782. The van der Waals surface area contributed by atoms with E-state index in [0.29, 0.717) is 5.92 Å². The number of rotatable bonds is 6. The summed E-state index contributed by atoms with van der Waals surface area (Å²) in [5.41, 5.74) is 0.0445. The summed E-state index contributed by atoms with van der Waals surface area (Å²) < 4.78 is 0. The largest absolute Gasteiger partial charge is 0.351 e. The van der Waals surface area contributed by atoms with Gasteiger partial charge in [0, 0.05) is 12.6 Å². The molecule has 1 aliphatic rings. The van der Waals surface area contributed by atoms with Gasteiger partial charge in [0.1, 0.15) is 0 Å². The lowest BCUT2D eigenvalue weighted by Gasteiger charge is -2.39. The van der Waals surface area contributed by atoms with Crippen molar-refractivity contribution < 1.29 is 4.79 Å². The number of carbonyl (C=O) groups excluding carboxylic acids is 1. The van der Waals surface area contributed by atoms with Crippen LogP contribution in [0.2, 0.25) is 0 Å². The first-order valence-electron chi connectivity index (χ1n) is 7.91. The van der Waals surface area contributed by atoms with E-state index in [-0.39, 0.29) is 23.4 Å². The molecule has 2 atom stereocenters. The Hall–Kier alpha value is -0.610. The Morgan fingerprint density at radius 2 is 2.05 bits per heavy atom. The maximum Gasteiger partial charge on any atom is 0.237 e. The van der Waals surface area contributed by atoms with Crippen LogP contribution in [0.1, 0.15) is 47.0 Å². The fraction of sp³-hybridized carbons (Fsp3) is 0.938. The molecule has 0 aromatic heterocycles. The molecule has 1 aliphatic heterocycles. The van der Waals surface area contributed by atoms with Crippen molar-refractivity contribution in [3.8, 4) is 0 Å². The van der Waals surface area contributed by atoms with Crippen LogP contribution in [-0.2, 0) is 4.79 Å². The van der Waals surface area contributed by atoms with E-state index in [9.17, 15) is 4.79 Å². The molecular weight excluding hydrogens is 250 g/mol. The van der Waals surface area contributed by atoms with Gasteiger partial charge < -0.3 is 15.5 Å². The zero-order valence-electron chi connectivity index (χ0n) is 14.1. The number of nitrogens with zero attached hydrogens (tertiary/aromatic N) is 1. The first-order chi connectivity index (χ1) is 9.22. The summed E-state index contributed by atoms with van der Waals surface area (Å²) in [6.07, 6.45) is 3.29. The van der Waals surface area contributed by atoms with Gasteiger partial charge in [-0.3, -0.25) is 4.79 Å². The van der Waals surface area contributed by atoms with E-state index in [1.54, 1.807) is 0 Å². The minimum Gasteiger partial charge on any atom is -0.351 e. The van der Waals surface area contributed by atoms with Gasteiger partial charge in [-0.2, -0.15) is 0 Å². The molecule has 1 fully saturated rings. The second kappa shape index (κ2) is 7.41. The van der Waals surface area contributed by atoms with Crippen molar-refractivity contribution in [1.82, 2.24) is 15.5 Å². The van der Waals surface area contributed by atoms with Gasteiger partial charge >= 0.3 is 0 Å². The fourth-order valence-corrected chi connectivity index (χ4v) is 3.13. The molecule has 1 rings (SSSR count). The summed E-state index contributed by atoms with van der Waals surface area (Å²) in [5.74, 6) is 0.759. The van der Waals surface area contributed by atoms with E-state index in [1.807, 2.05) is 0 Å². The molecule has 1 saturated heterocycles. The number of piperidine rings is 1. The number of hydrogen-bond donors (Lipinski definition) is 2. The number of hydrogen-bond acceptors (Lipinski definition) is 3. The normalized spacial score (nSPS) is 23.9. The smallest absolute Gasteiger partial charge is 0.237 e. The lowest BCUT2D eigenvalue weighted by Crippen LogP contribution is -2.58. The summed E-state index contributed by atoms with van der Waals surface area (Å²) >= 11 is 0. The Balaban J connectivity index is 2.64. The summed E-state index contributed by atoms with van der Waals surface area (Å²) in [6, 6.07) is 0.171. The van der Waals surface area contributed by atoms with E-state index in [4.69, 9.17) is 0 Å². The van der Waals surface area contributed by atoms with Crippen molar-refractivity contribution in [2.45, 2.75) is 59.0 Å². The van der Waals surface area contributed by atoms with Crippen LogP contribution in [0.3, 0.4) is 0 Å². The zero-order chi connectivity index (χ0) is 15.3. The molecule has 0 aromatic carbocycles. The summed E-state index contributed by atoms with van der Waals surface area (Å²) in [4.78, 5) is 14.7. The van der Waals surface area contributed by atoms with Crippen LogP contribution in [0, 0.1) is 11.3 Å². The lowest BCUT2D eigenvalue weighted by molar-refractivity contribution is -0.127. The molecule has 1 amide bonds. The predicted octanol–water partition coefficient (Wildman–Crippen LogP) is 1.86. The molecule has 0 aliphatic carbocycles. The second-order valence-electron chi connectivity index (χ2n) is 7.58. The van der Waals surface area contributed by atoms with Crippen LogP contribution >= 0.6 is 0 Å². The second-order valence-corrected chi connectivity index (χ2v) is 7.58. The van der Waals surface area contributed by atoms with Gasteiger partial charge in [0.2, 0.25) is 5.91 Å². The number of nitrogens with one attached hydrogen (secondary N) is 2. The third-order valence-corrected chi connectivity index (χ3v) is 4.08. The standard InChI is InChI=1S/C16H33N3O/c1-12(2)10-13(11-19(5)6)18-15(20)14-16(3,4)8-7-9-17-14/h12-14,17H,7-11H2,1-6H3,(H,18,20). The van der Waals surface area contributed by atoms with Gasteiger partial charge in [0.25, 0.3) is 0 Å². The molecule has 1 heterocycles. The molecule has 0 bridgehead atoms. The van der Waals surface area contributed by atoms with Crippen molar-refractivity contribution in [2.24, 2.45) is 11.3 Å². The van der Waals surface area contributed by atoms with Crippen LogP contribution in [0.4, 0.5) is 0 Å². The molecule has 118 valence electrons. The molecule has 0 aromatic rings. The minimum atomic E-state index is -0.0620. The number of carbonyl (C=O) groups is 1. The summed E-state index contributed by atoms with van der Waals surface area (Å²) in [5, 5.41) is 6.66. The van der Waals surface area contributed by atoms with Gasteiger partial charge in [-0.25, -0.2) is 0 Å². The highest BCUT2D eigenvalue weighted by atomic mass is 16.2. The Morgan fingerprint density at radius 3 is 2.55 bits per heavy atom. The molecule has 2 N–H and O–H groups in total. The predicted molar refractivity (Wildman–Crippen MR) is 84.7 cm³/mol. The summed E-state index contributed by atoms with van der Waals surface area (Å²) in [6.45, 7) is 10.6. The lowest BCUT2D eigenvalue weighted by atomic mass is 9.77. The molecule has 20 heavy (non-hydrogen) atoms. The van der Waals surface area contributed by atoms with E-state index in [0.717, 1.165) is 32.4 Å². The molecule has 2 unspecified atom stereocenters. The van der Waals surface area contributed by atoms with Gasteiger partial charge in [-0.05, 0) is 51.2 Å². The van der Waals surface area contributed by atoms with Crippen LogP contribution in [0.25, 0.3) is 0 Å². The topological polar surface area (TPSA) is 44.4 Å². The van der Waals surface area contributed by atoms with E-state index >= 15 is 0 Å². The van der Waals surface area contributed by atoms with Crippen molar-refractivity contribution in [1.29, 1.82) is 0 Å². The van der Waals surface area contributed by atoms with Crippen LogP contribution < -0.4 is 10.6 Å². The zero-order valence-corrected chi connectivity index (χ0v) is 14.1. The molecule has 0 spiro atoms. The van der Waals surface area contributed by atoms with Gasteiger partial charge in [-0.15, -0.1) is 0 Å². The maximum atomic E-state index is 12.6. The van der Waals surface area contributed by atoms with Crippen molar-refractivity contribution >= 4 is 5.91 Å². The third-order valence-electron chi connectivity index (χ3n) is 4.08. The van der Waals surface area contributed by atoms with Gasteiger partial charge in [-0.1, -0.05) is 27.7 Å². The van der Waals surface area contributed by atoms with E-state index in [1.165, 1.54) is 0 Å². The molecule has 4 nitrogen and oxygen atoms in total. The first-order valence-corrected chi connectivity index (χ1v) is 7.91. The van der Waals surface area contributed by atoms with E-state index < -0.39 is 0 Å². The van der Waals surface area contributed by atoms with Crippen LogP contribution in [0.15, 0.2) is 0 Å². The van der Waals surface area contributed by atoms with Gasteiger partial charge in [0.05, 0.1) is 6.04 Å². The SMILES string of the molecule is CC(C)CC(CN(C)C)NC(=O)C1NCCCC1(C)C. The molecule has 0 saturated carbocycles. The Labute approximate surface area is 124 Å². The maximum absolute atomic E-state index is 12.6. The van der Waals surface area contributed by atoms with Gasteiger partial charge in [0.15, 0.2) is 0 Å². The van der Waals surface area contributed by atoms with Crippen molar-refractivity contribution in [3.63, 3.8) is 0 Å². The minimum absolute atomic E-state index is 0.0445. The van der Waals surface area contributed by atoms with E-state index in [2.05, 4.69) is 57.3 Å². The molecule has 0 radical (unpaired) electrons. The highest BCUT2D eigenvalue weighted by Crippen LogP contribution is 2.30. The Morgan fingerprint density at radius 1 is 1.40 bits per heavy atom. The molecule has 4 heteroatoms. The van der Waals surface area contributed by atoms with Crippen molar-refractivity contribution in [3.05, 3.63) is 0 Å². The number of likely N-dealkylation sites (N-methyl/N-ethyl adjacent to an activating group) is 1. The average molecular weight is 283 g/mol. The summed E-state index contributed by atoms with van der Waals surface area (Å²) in [7, 11) is 4.12. The highest BCUT2D eigenvalue weighted by molar-refractivity contribution is 5.83. The van der Waals surface area contributed by atoms with Crippen LogP contribution in [0.5, 0.6) is 0 Å². The van der Waals surface area contributed by atoms with Crippen molar-refractivity contribution in [2.75, 3.05) is 27.2 Å². The fourth-order valence-electron chi connectivity index (χ4n) is 3.13. The average Bonchev–Trinajstić information content (AvgIpc) is 2.25. The Bertz CT molecular complexity index is 303. The third kappa shape index (κ3) is 5.41. The van der Waals surface area contributed by atoms with Crippen LogP contribution in [-0.4, -0.2) is 50.1 Å². The first kappa shape index (κ1) is 17.4. The molecular formula is C16H33N3O. The number of amides is 1. The Kier molecular flexibility index (Phi) is 6.46.